The lowest BCUT2D eigenvalue weighted by atomic mass is 9.53. The summed E-state index contributed by atoms with van der Waals surface area (Å²) in [5, 5.41) is 6.95. The van der Waals surface area contributed by atoms with Gasteiger partial charge in [0.05, 0.1) is 12.2 Å². The van der Waals surface area contributed by atoms with Crippen LogP contribution < -0.4 is 10.6 Å². The van der Waals surface area contributed by atoms with Crippen molar-refractivity contribution >= 4 is 11.8 Å². The van der Waals surface area contributed by atoms with E-state index in [-0.39, 0.29) is 34.7 Å². The zero-order valence-electron chi connectivity index (χ0n) is 19.4. The van der Waals surface area contributed by atoms with E-state index in [2.05, 4.69) is 10.6 Å². The molecule has 0 aromatic carbocycles. The molecule has 0 aromatic rings. The average molecular weight is 445 g/mol. The molecule has 178 valence electrons. The fraction of sp³-hybridized carbons (Fsp3) is 0.923. The van der Waals surface area contributed by atoms with Crippen LogP contribution in [0.2, 0.25) is 0 Å². The van der Waals surface area contributed by atoms with Crippen molar-refractivity contribution in [2.75, 3.05) is 13.2 Å². The van der Waals surface area contributed by atoms with Crippen molar-refractivity contribution in [3.63, 3.8) is 0 Å². The SMILES string of the molecule is O=C(NC1CCCC2OCCC12)C12CCC(C(=O)NC3CCCC4OCCC34)(CC1)CC2. The van der Waals surface area contributed by atoms with Crippen LogP contribution in [0.3, 0.4) is 0 Å². The summed E-state index contributed by atoms with van der Waals surface area (Å²) in [6, 6.07) is 0.561. The normalized spacial score (nSPS) is 47.5. The molecule has 7 rings (SSSR count). The number of hydrogen-bond acceptors (Lipinski definition) is 4. The van der Waals surface area contributed by atoms with E-state index in [1.807, 2.05) is 0 Å². The Hall–Kier alpha value is -1.14. The van der Waals surface area contributed by atoms with Crippen molar-refractivity contribution < 1.29 is 19.1 Å². The summed E-state index contributed by atoms with van der Waals surface area (Å²) < 4.78 is 11.8. The highest BCUT2D eigenvalue weighted by molar-refractivity contribution is 5.87. The maximum atomic E-state index is 13.5. The van der Waals surface area contributed by atoms with E-state index in [4.69, 9.17) is 9.47 Å². The van der Waals surface area contributed by atoms with Crippen LogP contribution in [-0.4, -0.2) is 49.3 Å². The van der Waals surface area contributed by atoms with Gasteiger partial charge >= 0.3 is 0 Å². The standard InChI is InChI=1S/C26H40N2O4/c29-23(27-19-3-1-5-21-17(19)7-15-31-21)25-9-12-26(13-10-25,14-11-25)24(30)28-20-4-2-6-22-18(20)8-16-32-22/h17-22H,1-16H2,(H,27,29)(H,28,30). The van der Waals surface area contributed by atoms with Crippen molar-refractivity contribution in [3.05, 3.63) is 0 Å². The average Bonchev–Trinajstić information content (AvgIpc) is 3.51. The van der Waals surface area contributed by atoms with Gasteiger partial charge in [0.25, 0.3) is 0 Å². The highest BCUT2D eigenvalue weighted by Crippen LogP contribution is 2.57. The Balaban J connectivity index is 1.07. The third kappa shape index (κ3) is 3.51. The molecule has 2 heterocycles. The molecule has 6 atom stereocenters. The third-order valence-corrected chi connectivity index (χ3v) is 10.4. The first kappa shape index (κ1) is 21.4. The Labute approximate surface area is 191 Å². The maximum absolute atomic E-state index is 13.5. The molecule has 5 aliphatic carbocycles. The quantitative estimate of drug-likeness (QED) is 0.696. The Morgan fingerprint density at radius 2 is 1.00 bits per heavy atom. The minimum absolute atomic E-state index is 0.246. The van der Waals surface area contributed by atoms with Crippen molar-refractivity contribution in [3.8, 4) is 0 Å². The first-order valence-corrected chi connectivity index (χ1v) is 13.4. The van der Waals surface area contributed by atoms with E-state index in [0.717, 1.165) is 103 Å². The highest BCUT2D eigenvalue weighted by atomic mass is 16.5. The Bertz CT molecular complexity index is 668. The van der Waals surface area contributed by atoms with Gasteiger partial charge in [-0.05, 0) is 89.9 Å². The molecule has 2 bridgehead atoms. The Kier molecular flexibility index (Phi) is 5.53. The molecule has 6 unspecified atom stereocenters. The molecule has 7 fully saturated rings. The van der Waals surface area contributed by atoms with Crippen LogP contribution >= 0.6 is 0 Å². The zero-order chi connectivity index (χ0) is 21.8. The number of amides is 2. The van der Waals surface area contributed by atoms with Crippen LogP contribution in [-0.2, 0) is 19.1 Å². The van der Waals surface area contributed by atoms with Crippen LogP contribution in [0.1, 0.15) is 89.9 Å². The molecule has 0 radical (unpaired) electrons. The second kappa shape index (κ2) is 8.26. The second-order valence-corrected chi connectivity index (χ2v) is 11.8. The van der Waals surface area contributed by atoms with E-state index < -0.39 is 0 Å². The van der Waals surface area contributed by atoms with Gasteiger partial charge in [-0.1, -0.05) is 0 Å². The summed E-state index contributed by atoms with van der Waals surface area (Å²) in [6.45, 7) is 1.69. The first-order chi connectivity index (χ1) is 15.6. The predicted octanol–water partition coefficient (Wildman–Crippen LogP) is 3.47. The van der Waals surface area contributed by atoms with Crippen molar-refractivity contribution in [2.24, 2.45) is 22.7 Å². The molecule has 2 aliphatic heterocycles. The lowest BCUT2D eigenvalue weighted by molar-refractivity contribution is -0.152. The first-order valence-electron chi connectivity index (χ1n) is 13.4. The molecule has 2 amide bonds. The molecule has 5 saturated carbocycles. The van der Waals surface area contributed by atoms with Gasteiger partial charge in [-0.3, -0.25) is 9.59 Å². The largest absolute Gasteiger partial charge is 0.378 e. The molecule has 6 heteroatoms. The minimum atomic E-state index is -0.246. The number of carbonyl (C=O) groups excluding carboxylic acids is 2. The Morgan fingerprint density at radius 3 is 1.41 bits per heavy atom. The van der Waals surface area contributed by atoms with Crippen LogP contribution in [0.25, 0.3) is 0 Å². The summed E-state index contributed by atoms with van der Waals surface area (Å²) >= 11 is 0. The van der Waals surface area contributed by atoms with Gasteiger partial charge in [-0.2, -0.15) is 0 Å². The molecular weight excluding hydrogens is 404 g/mol. The molecule has 0 aromatic heterocycles. The van der Waals surface area contributed by atoms with Crippen LogP contribution in [0.4, 0.5) is 0 Å². The summed E-state index contributed by atoms with van der Waals surface area (Å²) in [5.41, 5.74) is -0.493. The molecule has 32 heavy (non-hydrogen) atoms. The van der Waals surface area contributed by atoms with E-state index in [1.54, 1.807) is 0 Å². The molecule has 0 spiro atoms. The topological polar surface area (TPSA) is 76.7 Å². The number of fused-ring (bicyclic) bond motifs is 5. The Morgan fingerprint density at radius 1 is 0.594 bits per heavy atom. The molecule has 6 nitrogen and oxygen atoms in total. The second-order valence-electron chi connectivity index (χ2n) is 11.8. The lowest BCUT2D eigenvalue weighted by Gasteiger charge is -2.52. The molecule has 2 saturated heterocycles. The zero-order valence-corrected chi connectivity index (χ0v) is 19.4. The van der Waals surface area contributed by atoms with E-state index >= 15 is 0 Å². The number of rotatable bonds is 4. The van der Waals surface area contributed by atoms with Gasteiger partial charge < -0.3 is 20.1 Å². The van der Waals surface area contributed by atoms with E-state index in [9.17, 15) is 9.59 Å². The number of hydrogen-bond donors (Lipinski definition) is 2. The summed E-state index contributed by atoms with van der Waals surface area (Å²) in [6.07, 6.45) is 14.8. The van der Waals surface area contributed by atoms with E-state index in [0.29, 0.717) is 24.0 Å². The van der Waals surface area contributed by atoms with Crippen LogP contribution in [0, 0.1) is 22.7 Å². The fourth-order valence-electron chi connectivity index (χ4n) is 8.22. The molecule has 2 N–H and O–H groups in total. The van der Waals surface area contributed by atoms with Gasteiger partial charge in [-0.25, -0.2) is 0 Å². The van der Waals surface area contributed by atoms with Gasteiger partial charge in [0, 0.05) is 48.0 Å². The predicted molar refractivity (Wildman–Crippen MR) is 120 cm³/mol. The third-order valence-electron chi connectivity index (χ3n) is 10.4. The van der Waals surface area contributed by atoms with Gasteiger partial charge in [0.2, 0.25) is 11.8 Å². The fourth-order valence-corrected chi connectivity index (χ4v) is 8.22. The molecular formula is C26H40N2O4. The highest BCUT2D eigenvalue weighted by Gasteiger charge is 2.56. The summed E-state index contributed by atoms with van der Waals surface area (Å²) in [7, 11) is 0. The smallest absolute Gasteiger partial charge is 0.226 e. The van der Waals surface area contributed by atoms with Crippen molar-refractivity contribution in [1.82, 2.24) is 10.6 Å². The van der Waals surface area contributed by atoms with Crippen molar-refractivity contribution in [1.29, 1.82) is 0 Å². The summed E-state index contributed by atoms with van der Waals surface area (Å²) in [4.78, 5) is 27.0. The number of ether oxygens (including phenoxy) is 2. The van der Waals surface area contributed by atoms with Gasteiger partial charge in [0.1, 0.15) is 0 Å². The van der Waals surface area contributed by atoms with Gasteiger partial charge in [0.15, 0.2) is 0 Å². The monoisotopic (exact) mass is 444 g/mol. The number of carbonyl (C=O) groups is 2. The van der Waals surface area contributed by atoms with Crippen LogP contribution in [0.5, 0.6) is 0 Å². The van der Waals surface area contributed by atoms with Crippen molar-refractivity contribution in [2.45, 2.75) is 114 Å². The molecule has 7 aliphatic rings. The maximum Gasteiger partial charge on any atom is 0.226 e. The number of nitrogens with one attached hydrogen (secondary N) is 2. The minimum Gasteiger partial charge on any atom is -0.378 e. The van der Waals surface area contributed by atoms with Crippen LogP contribution in [0.15, 0.2) is 0 Å². The summed E-state index contributed by atoms with van der Waals surface area (Å²) in [5.74, 6) is 1.53. The van der Waals surface area contributed by atoms with Gasteiger partial charge in [-0.15, -0.1) is 0 Å². The lowest BCUT2D eigenvalue weighted by Crippen LogP contribution is -2.58. The van der Waals surface area contributed by atoms with E-state index in [1.165, 1.54) is 0 Å².